The van der Waals surface area contributed by atoms with Crippen LogP contribution in [0, 0.1) is 10.1 Å². The van der Waals surface area contributed by atoms with Gasteiger partial charge in [0.1, 0.15) is 6.54 Å². The Labute approximate surface area is 159 Å². The van der Waals surface area contributed by atoms with Crippen molar-refractivity contribution in [2.45, 2.75) is 0 Å². The zero-order valence-corrected chi connectivity index (χ0v) is 15.7. The maximum atomic E-state index is 12.3. The number of carbonyl (C=O) groups excluding carboxylic acids is 1. The number of sulfonamides is 1. The minimum absolute atomic E-state index is 0.0114. The number of amides is 1. The second-order valence-electron chi connectivity index (χ2n) is 5.20. The Morgan fingerprint density at radius 3 is 2.50 bits per heavy atom. The number of nitrogens with zero attached hydrogens (tertiary/aromatic N) is 2. The summed E-state index contributed by atoms with van der Waals surface area (Å²) in [7, 11) is -3.84. The van der Waals surface area contributed by atoms with Gasteiger partial charge >= 0.3 is 0 Å². The highest BCUT2D eigenvalue weighted by Crippen LogP contribution is 2.33. The van der Waals surface area contributed by atoms with Crippen LogP contribution in [-0.4, -0.2) is 32.0 Å². The van der Waals surface area contributed by atoms with Gasteiger partial charge in [-0.05, 0) is 18.2 Å². The lowest BCUT2D eigenvalue weighted by molar-refractivity contribution is -0.384. The van der Waals surface area contributed by atoms with Crippen molar-refractivity contribution in [3.63, 3.8) is 0 Å². The van der Waals surface area contributed by atoms with Crippen LogP contribution in [0.15, 0.2) is 42.5 Å². The highest BCUT2D eigenvalue weighted by atomic mass is 35.5. The van der Waals surface area contributed by atoms with Crippen molar-refractivity contribution < 1.29 is 18.1 Å². The summed E-state index contributed by atoms with van der Waals surface area (Å²) in [6, 6.07) is 9.67. The number of hydrogen-bond donors (Lipinski definition) is 1. The van der Waals surface area contributed by atoms with Gasteiger partial charge in [0, 0.05) is 17.8 Å². The second kappa shape index (κ2) is 7.90. The molecule has 0 heterocycles. The Kier molecular flexibility index (Phi) is 6.06. The molecule has 0 aliphatic carbocycles. The highest BCUT2D eigenvalue weighted by molar-refractivity contribution is 7.92. The molecule has 0 radical (unpaired) electrons. The zero-order valence-electron chi connectivity index (χ0n) is 13.3. The standard InChI is InChI=1S/C15H13Cl2N3O5S/c1-26(24,25)19(13-7-3-6-12(16)15(13)17)9-14(21)18-10-4-2-5-11(8-10)20(22)23/h2-8H,9H2,1H3,(H,18,21). The number of nitrogens with one attached hydrogen (secondary N) is 1. The number of nitro groups is 1. The number of hydrogen-bond acceptors (Lipinski definition) is 5. The Bertz CT molecular complexity index is 966. The summed E-state index contributed by atoms with van der Waals surface area (Å²) in [5.74, 6) is -0.702. The fourth-order valence-corrected chi connectivity index (χ4v) is 3.40. The van der Waals surface area contributed by atoms with Crippen molar-refractivity contribution in [2.75, 3.05) is 22.4 Å². The third-order valence-corrected chi connectivity index (χ3v) is 5.16. The monoisotopic (exact) mass is 417 g/mol. The van der Waals surface area contributed by atoms with Crippen LogP contribution in [0.3, 0.4) is 0 Å². The molecule has 2 aromatic carbocycles. The van der Waals surface area contributed by atoms with Gasteiger partial charge in [-0.3, -0.25) is 19.2 Å². The topological polar surface area (TPSA) is 110 Å². The molecular weight excluding hydrogens is 405 g/mol. The minimum Gasteiger partial charge on any atom is -0.324 e. The molecular formula is C15H13Cl2N3O5S. The summed E-state index contributed by atoms with van der Waals surface area (Å²) in [4.78, 5) is 22.4. The summed E-state index contributed by atoms with van der Waals surface area (Å²) in [5.41, 5.74) is 0.00588. The summed E-state index contributed by atoms with van der Waals surface area (Å²) in [5, 5.41) is 13.3. The molecule has 0 fully saturated rings. The van der Waals surface area contributed by atoms with Gasteiger partial charge in [0.25, 0.3) is 5.69 Å². The molecule has 0 bridgehead atoms. The zero-order chi connectivity index (χ0) is 19.5. The molecule has 0 spiro atoms. The van der Waals surface area contributed by atoms with Crippen molar-refractivity contribution in [1.29, 1.82) is 0 Å². The SMILES string of the molecule is CS(=O)(=O)N(CC(=O)Nc1cccc([N+](=O)[O-])c1)c1cccc(Cl)c1Cl. The summed E-state index contributed by atoms with van der Waals surface area (Å²) >= 11 is 12.0. The van der Waals surface area contributed by atoms with E-state index in [-0.39, 0.29) is 27.1 Å². The van der Waals surface area contributed by atoms with Crippen LogP contribution in [0.4, 0.5) is 17.1 Å². The molecule has 0 aromatic heterocycles. The Morgan fingerprint density at radius 1 is 1.23 bits per heavy atom. The second-order valence-corrected chi connectivity index (χ2v) is 7.89. The molecule has 2 rings (SSSR count). The van der Waals surface area contributed by atoms with Crippen LogP contribution in [0.2, 0.25) is 10.0 Å². The first-order valence-electron chi connectivity index (χ1n) is 7.05. The first kappa shape index (κ1) is 20.0. The highest BCUT2D eigenvalue weighted by Gasteiger charge is 2.24. The number of anilines is 2. The van der Waals surface area contributed by atoms with E-state index in [0.717, 1.165) is 16.6 Å². The smallest absolute Gasteiger partial charge is 0.271 e. The van der Waals surface area contributed by atoms with E-state index in [1.807, 2.05) is 0 Å². The van der Waals surface area contributed by atoms with Crippen molar-refractivity contribution >= 4 is 56.2 Å². The maximum Gasteiger partial charge on any atom is 0.271 e. The lowest BCUT2D eigenvalue weighted by Crippen LogP contribution is -2.37. The van der Waals surface area contributed by atoms with Crippen LogP contribution < -0.4 is 9.62 Å². The largest absolute Gasteiger partial charge is 0.324 e. The average molecular weight is 418 g/mol. The van der Waals surface area contributed by atoms with E-state index < -0.39 is 27.4 Å². The molecule has 138 valence electrons. The van der Waals surface area contributed by atoms with Crippen LogP contribution in [0.1, 0.15) is 0 Å². The van der Waals surface area contributed by atoms with E-state index in [1.54, 1.807) is 0 Å². The number of nitro benzene ring substituents is 1. The predicted octanol–water partition coefficient (Wildman–Crippen LogP) is 3.31. The van der Waals surface area contributed by atoms with Crippen molar-refractivity contribution in [1.82, 2.24) is 0 Å². The Hall–Kier alpha value is -2.36. The van der Waals surface area contributed by atoms with Crippen LogP contribution >= 0.6 is 23.2 Å². The number of benzene rings is 2. The van der Waals surface area contributed by atoms with E-state index in [0.29, 0.717) is 0 Å². The molecule has 0 atom stereocenters. The molecule has 0 aliphatic heterocycles. The molecule has 1 amide bonds. The van der Waals surface area contributed by atoms with Gasteiger partial charge in [-0.1, -0.05) is 35.3 Å². The fourth-order valence-electron chi connectivity index (χ4n) is 2.09. The summed E-state index contributed by atoms with van der Waals surface area (Å²) < 4.78 is 25.0. The van der Waals surface area contributed by atoms with Crippen molar-refractivity contribution in [2.24, 2.45) is 0 Å². The first-order valence-corrected chi connectivity index (χ1v) is 9.66. The third-order valence-electron chi connectivity index (χ3n) is 3.23. The minimum atomic E-state index is -3.84. The lowest BCUT2D eigenvalue weighted by atomic mass is 10.3. The van der Waals surface area contributed by atoms with Gasteiger partial charge in [-0.25, -0.2) is 8.42 Å². The van der Waals surface area contributed by atoms with Gasteiger partial charge in [0.05, 0.1) is 26.9 Å². The molecule has 0 aliphatic rings. The molecule has 8 nitrogen and oxygen atoms in total. The molecule has 11 heteroatoms. The molecule has 0 saturated carbocycles. The van der Waals surface area contributed by atoms with Crippen LogP contribution in [0.25, 0.3) is 0 Å². The van der Waals surface area contributed by atoms with Crippen molar-refractivity contribution in [3.8, 4) is 0 Å². The summed E-state index contributed by atoms with van der Waals surface area (Å²) in [6.45, 7) is -0.582. The van der Waals surface area contributed by atoms with Crippen molar-refractivity contribution in [3.05, 3.63) is 62.6 Å². The number of rotatable bonds is 6. The van der Waals surface area contributed by atoms with Gasteiger partial charge in [0.2, 0.25) is 15.9 Å². The number of non-ortho nitro benzene ring substituents is 1. The Balaban J connectivity index is 2.27. The van der Waals surface area contributed by atoms with Gasteiger partial charge < -0.3 is 5.32 Å². The quantitative estimate of drug-likeness (QED) is 0.572. The van der Waals surface area contributed by atoms with Crippen LogP contribution in [0.5, 0.6) is 0 Å². The molecule has 0 unspecified atom stereocenters. The fraction of sp³-hybridized carbons (Fsp3) is 0.133. The van der Waals surface area contributed by atoms with Gasteiger partial charge in [0.15, 0.2) is 0 Å². The normalized spacial score (nSPS) is 11.0. The molecule has 2 aromatic rings. The van der Waals surface area contributed by atoms with E-state index in [1.165, 1.54) is 36.4 Å². The maximum absolute atomic E-state index is 12.3. The summed E-state index contributed by atoms with van der Waals surface area (Å²) in [6.07, 6.45) is 0.922. The molecule has 26 heavy (non-hydrogen) atoms. The third kappa shape index (κ3) is 4.84. The van der Waals surface area contributed by atoms with E-state index in [9.17, 15) is 23.3 Å². The van der Waals surface area contributed by atoms with E-state index in [4.69, 9.17) is 23.2 Å². The first-order chi connectivity index (χ1) is 12.1. The van der Waals surface area contributed by atoms with Crippen LogP contribution in [-0.2, 0) is 14.8 Å². The van der Waals surface area contributed by atoms with Gasteiger partial charge in [-0.2, -0.15) is 0 Å². The predicted molar refractivity (Wildman–Crippen MR) is 100 cm³/mol. The average Bonchev–Trinajstić information content (AvgIpc) is 2.55. The molecule has 1 N–H and O–H groups in total. The molecule has 0 saturated heterocycles. The number of halogens is 2. The lowest BCUT2D eigenvalue weighted by Gasteiger charge is -2.23. The number of carbonyl (C=O) groups is 1. The van der Waals surface area contributed by atoms with E-state index >= 15 is 0 Å². The Morgan fingerprint density at radius 2 is 1.88 bits per heavy atom. The van der Waals surface area contributed by atoms with Gasteiger partial charge in [-0.15, -0.1) is 0 Å². The van der Waals surface area contributed by atoms with E-state index in [2.05, 4.69) is 5.32 Å².